The average Bonchev–Trinajstić information content (AvgIpc) is 2.95. The first-order valence-electron chi connectivity index (χ1n) is 8.62. The predicted octanol–water partition coefficient (Wildman–Crippen LogP) is 1.77. The van der Waals surface area contributed by atoms with Gasteiger partial charge in [-0.25, -0.2) is 4.79 Å². The molecule has 3 rings (SSSR count). The molecule has 2 aliphatic heterocycles. The van der Waals surface area contributed by atoms with Gasteiger partial charge in [-0.05, 0) is 38.5 Å². The maximum atomic E-state index is 12.2. The van der Waals surface area contributed by atoms with Crippen LogP contribution in [0.5, 0.6) is 5.75 Å². The highest BCUT2D eigenvalue weighted by Crippen LogP contribution is 2.19. The first-order valence-corrected chi connectivity index (χ1v) is 8.62. The maximum Gasteiger partial charge on any atom is 0.410 e. The van der Waals surface area contributed by atoms with Crippen LogP contribution in [0.2, 0.25) is 0 Å². The molecule has 2 N–H and O–H groups in total. The van der Waals surface area contributed by atoms with Crippen LogP contribution in [0.15, 0.2) is 29.3 Å². The van der Waals surface area contributed by atoms with Gasteiger partial charge in [0.15, 0.2) is 5.96 Å². The summed E-state index contributed by atoms with van der Waals surface area (Å²) in [5, 5.41) is 12.7. The van der Waals surface area contributed by atoms with Crippen LogP contribution in [0.3, 0.4) is 0 Å². The lowest BCUT2D eigenvalue weighted by Gasteiger charge is -2.39. The molecule has 1 saturated heterocycles. The molecule has 1 aromatic carbocycles. The number of phenols is 1. The number of hydrogen-bond acceptors (Lipinski definition) is 6. The fourth-order valence-corrected chi connectivity index (χ4v) is 3.02. The molecule has 0 radical (unpaired) electrons. The molecular weight excluding hydrogens is 320 g/mol. The first-order chi connectivity index (χ1) is 11.8. The molecule has 0 aliphatic carbocycles. The van der Waals surface area contributed by atoms with Crippen LogP contribution in [0.25, 0.3) is 0 Å². The summed E-state index contributed by atoms with van der Waals surface area (Å²) in [7, 11) is 0. The number of amides is 1. The van der Waals surface area contributed by atoms with Gasteiger partial charge in [-0.3, -0.25) is 4.99 Å². The molecule has 7 nitrogen and oxygen atoms in total. The van der Waals surface area contributed by atoms with Crippen molar-refractivity contribution in [3.05, 3.63) is 29.8 Å². The molecule has 25 heavy (non-hydrogen) atoms. The van der Waals surface area contributed by atoms with Gasteiger partial charge in [0, 0.05) is 26.2 Å². The summed E-state index contributed by atoms with van der Waals surface area (Å²) < 4.78 is 5.46. The Morgan fingerprint density at radius 2 is 2.04 bits per heavy atom. The SMILES string of the molecule is CC(C)(C)OC(=O)N1CCN2C(NCc3ccc(O)cc3)=NCC2C1. The molecule has 136 valence electrons. The molecule has 1 amide bonds. The summed E-state index contributed by atoms with van der Waals surface area (Å²) in [5.41, 5.74) is 0.605. The number of nitrogens with one attached hydrogen (secondary N) is 1. The zero-order valence-corrected chi connectivity index (χ0v) is 15.0. The highest BCUT2D eigenvalue weighted by molar-refractivity contribution is 5.82. The second kappa shape index (κ2) is 6.82. The van der Waals surface area contributed by atoms with Gasteiger partial charge in [0.1, 0.15) is 11.4 Å². The lowest BCUT2D eigenvalue weighted by atomic mass is 10.2. The number of aromatic hydroxyl groups is 1. The van der Waals surface area contributed by atoms with Gasteiger partial charge in [0.2, 0.25) is 0 Å². The Labute approximate surface area is 148 Å². The van der Waals surface area contributed by atoms with Gasteiger partial charge in [-0.2, -0.15) is 0 Å². The zero-order valence-electron chi connectivity index (χ0n) is 15.0. The van der Waals surface area contributed by atoms with E-state index >= 15 is 0 Å². The third-order valence-electron chi connectivity index (χ3n) is 4.25. The number of piperazine rings is 1. The van der Waals surface area contributed by atoms with Gasteiger partial charge in [0.05, 0.1) is 12.6 Å². The van der Waals surface area contributed by atoms with Crippen molar-refractivity contribution in [2.24, 2.45) is 4.99 Å². The van der Waals surface area contributed by atoms with Crippen molar-refractivity contribution in [1.82, 2.24) is 15.1 Å². The summed E-state index contributed by atoms with van der Waals surface area (Å²) in [6.07, 6.45) is -0.252. The smallest absolute Gasteiger partial charge is 0.410 e. The minimum Gasteiger partial charge on any atom is -0.508 e. The highest BCUT2D eigenvalue weighted by Gasteiger charge is 2.36. The van der Waals surface area contributed by atoms with Crippen molar-refractivity contribution in [2.45, 2.75) is 39.0 Å². The molecular formula is C18H26N4O3. The summed E-state index contributed by atoms with van der Waals surface area (Å²) in [4.78, 5) is 20.8. The van der Waals surface area contributed by atoms with Crippen LogP contribution < -0.4 is 5.32 Å². The molecule has 0 spiro atoms. The quantitative estimate of drug-likeness (QED) is 0.853. The van der Waals surface area contributed by atoms with E-state index < -0.39 is 5.60 Å². The van der Waals surface area contributed by atoms with Crippen LogP contribution >= 0.6 is 0 Å². The van der Waals surface area contributed by atoms with Gasteiger partial charge in [0.25, 0.3) is 0 Å². The lowest BCUT2D eigenvalue weighted by molar-refractivity contribution is 0.0137. The van der Waals surface area contributed by atoms with E-state index in [4.69, 9.17) is 4.74 Å². The zero-order chi connectivity index (χ0) is 18.0. The van der Waals surface area contributed by atoms with Gasteiger partial charge in [-0.15, -0.1) is 0 Å². The Bertz CT molecular complexity index is 651. The van der Waals surface area contributed by atoms with Crippen molar-refractivity contribution in [3.63, 3.8) is 0 Å². The summed E-state index contributed by atoms with van der Waals surface area (Å²) in [6, 6.07) is 7.32. The topological polar surface area (TPSA) is 77.4 Å². The standard InChI is InChI=1S/C18H26N4O3/c1-18(2,3)25-17(24)21-8-9-22-14(12-21)11-20-16(22)19-10-13-4-6-15(23)7-5-13/h4-7,14,23H,8-12H2,1-3H3,(H,19,20). The first kappa shape index (κ1) is 17.4. The van der Waals surface area contributed by atoms with Crippen LogP contribution in [0.4, 0.5) is 4.79 Å². The Kier molecular flexibility index (Phi) is 4.74. The molecule has 2 aliphatic rings. The number of ether oxygens (including phenoxy) is 1. The Morgan fingerprint density at radius 3 is 2.72 bits per heavy atom. The van der Waals surface area contributed by atoms with E-state index in [1.165, 1.54) is 0 Å². The maximum absolute atomic E-state index is 12.2. The minimum atomic E-state index is -0.475. The van der Waals surface area contributed by atoms with Gasteiger partial charge < -0.3 is 25.0 Å². The number of rotatable bonds is 2. The van der Waals surface area contributed by atoms with Crippen LogP contribution in [0, 0.1) is 0 Å². The summed E-state index contributed by atoms with van der Waals surface area (Å²) in [5.74, 6) is 1.14. The van der Waals surface area contributed by atoms with E-state index in [-0.39, 0.29) is 17.9 Å². The highest BCUT2D eigenvalue weighted by atomic mass is 16.6. The van der Waals surface area contributed by atoms with E-state index in [9.17, 15) is 9.90 Å². The number of aliphatic imine (C=N–C) groups is 1. The second-order valence-electron chi connectivity index (χ2n) is 7.46. The van der Waals surface area contributed by atoms with Crippen molar-refractivity contribution in [3.8, 4) is 5.75 Å². The molecule has 2 heterocycles. The van der Waals surface area contributed by atoms with Gasteiger partial charge in [-0.1, -0.05) is 12.1 Å². The van der Waals surface area contributed by atoms with E-state index in [2.05, 4.69) is 15.2 Å². The average molecular weight is 346 g/mol. The fourth-order valence-electron chi connectivity index (χ4n) is 3.02. The van der Waals surface area contributed by atoms with E-state index in [0.29, 0.717) is 26.2 Å². The fraction of sp³-hybridized carbons (Fsp3) is 0.556. The van der Waals surface area contributed by atoms with Crippen molar-refractivity contribution >= 4 is 12.1 Å². The van der Waals surface area contributed by atoms with Crippen molar-refractivity contribution < 1.29 is 14.6 Å². The molecule has 1 atom stereocenters. The number of carbonyl (C=O) groups is 1. The van der Waals surface area contributed by atoms with E-state index in [1.54, 1.807) is 17.0 Å². The number of fused-ring (bicyclic) bond motifs is 1. The van der Waals surface area contributed by atoms with Crippen LogP contribution in [-0.2, 0) is 11.3 Å². The van der Waals surface area contributed by atoms with Crippen molar-refractivity contribution in [2.75, 3.05) is 26.2 Å². The lowest BCUT2D eigenvalue weighted by Crippen LogP contribution is -2.57. The predicted molar refractivity (Wildman–Crippen MR) is 95.5 cm³/mol. The van der Waals surface area contributed by atoms with Gasteiger partial charge >= 0.3 is 6.09 Å². The Balaban J connectivity index is 1.52. The minimum absolute atomic E-state index is 0.198. The van der Waals surface area contributed by atoms with E-state index in [0.717, 1.165) is 18.1 Å². The molecule has 1 aromatic rings. The largest absolute Gasteiger partial charge is 0.508 e. The molecule has 1 unspecified atom stereocenters. The number of guanidine groups is 1. The van der Waals surface area contributed by atoms with Crippen LogP contribution in [0.1, 0.15) is 26.3 Å². The van der Waals surface area contributed by atoms with E-state index in [1.807, 2.05) is 32.9 Å². The molecule has 7 heteroatoms. The number of hydrogen-bond donors (Lipinski definition) is 2. The molecule has 1 fully saturated rings. The summed E-state index contributed by atoms with van der Waals surface area (Å²) >= 11 is 0. The molecule has 0 bridgehead atoms. The monoisotopic (exact) mass is 346 g/mol. The normalized spacial score (nSPS) is 20.1. The number of carbonyl (C=O) groups excluding carboxylic acids is 1. The molecule has 0 saturated carbocycles. The molecule has 0 aromatic heterocycles. The third kappa shape index (κ3) is 4.35. The Morgan fingerprint density at radius 1 is 1.32 bits per heavy atom. The number of benzene rings is 1. The second-order valence-corrected chi connectivity index (χ2v) is 7.46. The third-order valence-corrected chi connectivity index (χ3v) is 4.25. The Hall–Kier alpha value is -2.44. The number of phenolic OH excluding ortho intramolecular Hbond substituents is 1. The summed E-state index contributed by atoms with van der Waals surface area (Å²) in [6.45, 7) is 8.97. The van der Waals surface area contributed by atoms with Crippen molar-refractivity contribution in [1.29, 1.82) is 0 Å². The van der Waals surface area contributed by atoms with Crippen LogP contribution in [-0.4, -0.2) is 64.8 Å². The number of nitrogens with zero attached hydrogens (tertiary/aromatic N) is 3.